The molecule has 0 rings (SSSR count). The SMILES string of the molecule is CCC(C)CCCCCCCCC(=O)OC[C@H](COP(=O)(O)OC[C@H](O)COP(=O)(O)OC[C@@H](COC(=O)CCCCCCCCC(C)C)OC(=O)CCCCCCCCCCCCC(C)C)OC(=O)CCCCCCCCCC(C)C. The van der Waals surface area contributed by atoms with Crippen molar-refractivity contribution in [3.63, 3.8) is 0 Å². The monoisotopic (exact) mass is 1210 g/mol. The Morgan fingerprint density at radius 1 is 0.341 bits per heavy atom. The van der Waals surface area contributed by atoms with Crippen LogP contribution >= 0.6 is 15.6 Å². The van der Waals surface area contributed by atoms with Gasteiger partial charge in [-0.05, 0) is 49.4 Å². The summed E-state index contributed by atoms with van der Waals surface area (Å²) in [6, 6.07) is 0. The van der Waals surface area contributed by atoms with E-state index in [1.54, 1.807) is 0 Å². The molecule has 0 aromatic carbocycles. The number of aliphatic hydroxyl groups is 1. The van der Waals surface area contributed by atoms with Crippen LogP contribution in [0.15, 0.2) is 0 Å². The van der Waals surface area contributed by atoms with E-state index < -0.39 is 97.5 Å². The van der Waals surface area contributed by atoms with Crippen molar-refractivity contribution >= 4 is 39.5 Å². The van der Waals surface area contributed by atoms with Crippen molar-refractivity contribution in [2.24, 2.45) is 23.7 Å². The largest absolute Gasteiger partial charge is 0.472 e. The topological polar surface area (TPSA) is 237 Å². The molecule has 0 fully saturated rings. The van der Waals surface area contributed by atoms with Gasteiger partial charge in [-0.3, -0.25) is 37.3 Å². The molecule has 0 spiro atoms. The van der Waals surface area contributed by atoms with Gasteiger partial charge in [-0.25, -0.2) is 9.13 Å². The van der Waals surface area contributed by atoms with Crippen LogP contribution in [0, 0.1) is 23.7 Å². The van der Waals surface area contributed by atoms with E-state index in [0.717, 1.165) is 115 Å². The van der Waals surface area contributed by atoms with Crippen LogP contribution in [0.1, 0.15) is 299 Å². The molecule has 0 saturated carbocycles. The molecule has 6 atom stereocenters. The molecular weight excluding hydrogens is 1090 g/mol. The molecule has 0 aromatic heterocycles. The molecule has 0 bridgehead atoms. The van der Waals surface area contributed by atoms with Crippen molar-refractivity contribution in [2.45, 2.75) is 318 Å². The summed E-state index contributed by atoms with van der Waals surface area (Å²) in [6.45, 7) is 13.9. The lowest BCUT2D eigenvalue weighted by Crippen LogP contribution is -2.30. The Balaban J connectivity index is 5.25. The van der Waals surface area contributed by atoms with Gasteiger partial charge in [-0.1, -0.05) is 248 Å². The van der Waals surface area contributed by atoms with Gasteiger partial charge in [0.2, 0.25) is 0 Å². The molecule has 0 aliphatic carbocycles. The van der Waals surface area contributed by atoms with Crippen LogP contribution in [0.3, 0.4) is 0 Å². The number of carbonyl (C=O) groups is 4. The van der Waals surface area contributed by atoms with E-state index in [-0.39, 0.29) is 25.7 Å². The quantitative estimate of drug-likeness (QED) is 0.0222. The van der Waals surface area contributed by atoms with E-state index >= 15 is 0 Å². The highest BCUT2D eigenvalue weighted by Gasteiger charge is 2.30. The Morgan fingerprint density at radius 3 is 0.866 bits per heavy atom. The van der Waals surface area contributed by atoms with Crippen LogP contribution < -0.4 is 0 Å². The summed E-state index contributed by atoms with van der Waals surface area (Å²) in [5, 5.41) is 10.5. The Kier molecular flexibility index (Phi) is 52.0. The molecule has 19 heteroatoms. The first-order valence-electron chi connectivity index (χ1n) is 32.7. The molecule has 0 aromatic rings. The Bertz CT molecular complexity index is 1650. The van der Waals surface area contributed by atoms with E-state index in [1.807, 2.05) is 0 Å². The van der Waals surface area contributed by atoms with Gasteiger partial charge in [-0.2, -0.15) is 0 Å². The third-order valence-electron chi connectivity index (χ3n) is 14.7. The van der Waals surface area contributed by atoms with Crippen LogP contribution in [0.5, 0.6) is 0 Å². The summed E-state index contributed by atoms with van der Waals surface area (Å²) in [7, 11) is -9.89. The van der Waals surface area contributed by atoms with Crippen LogP contribution in [-0.4, -0.2) is 96.7 Å². The highest BCUT2D eigenvalue weighted by Crippen LogP contribution is 2.45. The standard InChI is InChI=1S/C63H122O17P2/c1-9-56(8)42-34-26-20-22-28-36-44-61(66)74-50-59(80-63(68)46-38-30-18-14-16-24-32-40-54(4)5)52-78-82(71,72)76-48-57(64)47-75-81(69,70)77-51-58(49-73-60(65)43-35-27-21-19-25-33-41-55(6)7)79-62(67)45-37-29-17-13-11-10-12-15-23-31-39-53(2)3/h53-59,64H,9-52H2,1-8H3,(H,69,70)(H,71,72)/t56?,57-,58-,59-/m1/s1. The minimum Gasteiger partial charge on any atom is -0.462 e. The number of rotatable bonds is 60. The minimum absolute atomic E-state index is 0.102. The Morgan fingerprint density at radius 2 is 0.585 bits per heavy atom. The first-order valence-corrected chi connectivity index (χ1v) is 35.7. The van der Waals surface area contributed by atoms with Crippen LogP contribution in [0.2, 0.25) is 0 Å². The van der Waals surface area contributed by atoms with E-state index in [4.69, 9.17) is 37.0 Å². The van der Waals surface area contributed by atoms with Crippen molar-refractivity contribution < 1.29 is 80.2 Å². The highest BCUT2D eigenvalue weighted by atomic mass is 31.2. The maximum absolute atomic E-state index is 13.0. The third kappa shape index (κ3) is 55.9. The predicted octanol–water partition coefficient (Wildman–Crippen LogP) is 17.0. The fourth-order valence-electron chi connectivity index (χ4n) is 9.22. The molecule has 0 aliphatic heterocycles. The van der Waals surface area contributed by atoms with E-state index in [1.165, 1.54) is 89.9 Å². The molecule has 0 amide bonds. The number of hydrogen-bond acceptors (Lipinski definition) is 15. The zero-order chi connectivity index (χ0) is 61.1. The molecule has 3 unspecified atom stereocenters. The number of aliphatic hydroxyl groups excluding tert-OH is 1. The first kappa shape index (κ1) is 80.1. The fourth-order valence-corrected chi connectivity index (χ4v) is 10.8. The number of hydrogen-bond donors (Lipinski definition) is 3. The van der Waals surface area contributed by atoms with Crippen LogP contribution in [0.25, 0.3) is 0 Å². The van der Waals surface area contributed by atoms with Gasteiger partial charge >= 0.3 is 39.5 Å². The lowest BCUT2D eigenvalue weighted by Gasteiger charge is -2.21. The van der Waals surface area contributed by atoms with Crippen molar-refractivity contribution in [3.8, 4) is 0 Å². The predicted molar refractivity (Wildman–Crippen MR) is 326 cm³/mol. The van der Waals surface area contributed by atoms with Crippen molar-refractivity contribution in [1.29, 1.82) is 0 Å². The smallest absolute Gasteiger partial charge is 0.462 e. The summed E-state index contributed by atoms with van der Waals surface area (Å²) >= 11 is 0. The molecule has 82 heavy (non-hydrogen) atoms. The summed E-state index contributed by atoms with van der Waals surface area (Å²) in [5.74, 6) is 0.714. The molecule has 17 nitrogen and oxygen atoms in total. The Labute approximate surface area is 498 Å². The van der Waals surface area contributed by atoms with E-state index in [2.05, 4.69) is 55.4 Å². The van der Waals surface area contributed by atoms with Gasteiger partial charge in [0, 0.05) is 25.7 Å². The number of carbonyl (C=O) groups excluding carboxylic acids is 4. The van der Waals surface area contributed by atoms with Crippen molar-refractivity contribution in [2.75, 3.05) is 39.6 Å². The number of esters is 4. The lowest BCUT2D eigenvalue weighted by atomic mass is 10.00. The van der Waals surface area contributed by atoms with Gasteiger partial charge in [0.15, 0.2) is 12.2 Å². The van der Waals surface area contributed by atoms with Gasteiger partial charge in [-0.15, -0.1) is 0 Å². The van der Waals surface area contributed by atoms with Gasteiger partial charge in [0.25, 0.3) is 0 Å². The highest BCUT2D eigenvalue weighted by molar-refractivity contribution is 7.47. The molecule has 3 N–H and O–H groups in total. The van der Waals surface area contributed by atoms with Crippen molar-refractivity contribution in [3.05, 3.63) is 0 Å². The average molecular weight is 1210 g/mol. The second-order valence-corrected chi connectivity index (χ2v) is 27.4. The zero-order valence-corrected chi connectivity index (χ0v) is 54.9. The number of phosphoric ester groups is 2. The lowest BCUT2D eigenvalue weighted by molar-refractivity contribution is -0.161. The van der Waals surface area contributed by atoms with E-state index in [9.17, 15) is 43.2 Å². The number of unbranched alkanes of at least 4 members (excludes halogenated alkanes) is 25. The first-order chi connectivity index (χ1) is 39.1. The number of ether oxygens (including phenoxy) is 4. The third-order valence-corrected chi connectivity index (χ3v) is 16.6. The maximum Gasteiger partial charge on any atom is 0.472 e. The molecule has 0 heterocycles. The summed E-state index contributed by atoms with van der Waals surface area (Å²) in [4.78, 5) is 72.1. The van der Waals surface area contributed by atoms with Gasteiger partial charge in [0.05, 0.1) is 26.4 Å². The molecule has 486 valence electrons. The van der Waals surface area contributed by atoms with E-state index in [0.29, 0.717) is 37.5 Å². The summed E-state index contributed by atoms with van der Waals surface area (Å²) in [5.41, 5.74) is 0. The van der Waals surface area contributed by atoms with Gasteiger partial charge in [0.1, 0.15) is 19.3 Å². The van der Waals surface area contributed by atoms with Crippen LogP contribution in [-0.2, 0) is 65.4 Å². The normalized spacial score (nSPS) is 14.8. The average Bonchev–Trinajstić information content (AvgIpc) is 3.43. The van der Waals surface area contributed by atoms with Crippen LogP contribution in [0.4, 0.5) is 0 Å². The van der Waals surface area contributed by atoms with Gasteiger partial charge < -0.3 is 33.8 Å². The molecule has 0 aliphatic rings. The zero-order valence-electron chi connectivity index (χ0n) is 53.1. The molecule has 0 saturated heterocycles. The summed E-state index contributed by atoms with van der Waals surface area (Å²) < 4.78 is 67.9. The minimum atomic E-state index is -4.94. The number of phosphoric acid groups is 2. The van der Waals surface area contributed by atoms with Crippen molar-refractivity contribution in [1.82, 2.24) is 0 Å². The fraction of sp³-hybridized carbons (Fsp3) is 0.937. The summed E-state index contributed by atoms with van der Waals surface area (Å²) in [6.07, 6.45) is 32.4. The molecular formula is C63H122O17P2. The second kappa shape index (κ2) is 53.3. The second-order valence-electron chi connectivity index (χ2n) is 24.5. The maximum atomic E-state index is 13.0. The molecule has 0 radical (unpaired) electrons. The Hall–Kier alpha value is -1.94.